The number of nitrogens with one attached hydrogen (secondary N) is 1. The second-order valence-corrected chi connectivity index (χ2v) is 12.3. The van der Waals surface area contributed by atoms with Crippen molar-refractivity contribution in [3.05, 3.63) is 71.9 Å². The first-order valence-electron chi connectivity index (χ1n) is 13.6. The number of ether oxygens (including phenoxy) is 1. The van der Waals surface area contributed by atoms with Crippen molar-refractivity contribution in [2.24, 2.45) is 5.92 Å². The minimum atomic E-state index is -3.69. The van der Waals surface area contributed by atoms with Crippen molar-refractivity contribution < 1.29 is 17.9 Å². The number of nitriles is 1. The van der Waals surface area contributed by atoms with E-state index in [4.69, 9.17) is 9.84 Å². The summed E-state index contributed by atoms with van der Waals surface area (Å²) in [5.74, 6) is -0.187. The van der Waals surface area contributed by atoms with Gasteiger partial charge in [0.05, 0.1) is 16.7 Å². The minimum Gasteiger partial charge on any atom is -0.376 e. The average molecular weight is 560 g/mol. The number of sulfonamides is 1. The van der Waals surface area contributed by atoms with E-state index in [0.717, 1.165) is 31.4 Å². The molecule has 0 aliphatic carbocycles. The lowest BCUT2D eigenvalue weighted by Gasteiger charge is -2.30. The molecule has 2 saturated heterocycles. The molecule has 1 amide bonds. The summed E-state index contributed by atoms with van der Waals surface area (Å²) in [5.41, 5.74) is 2.28. The second kappa shape index (κ2) is 12.2. The molecule has 10 heteroatoms. The lowest BCUT2D eigenvalue weighted by atomic mass is 10.0. The molecule has 2 atom stereocenters. The fourth-order valence-corrected chi connectivity index (χ4v) is 6.80. The average Bonchev–Trinajstić information content (AvgIpc) is 3.65. The summed E-state index contributed by atoms with van der Waals surface area (Å²) in [6.07, 6.45) is 6.87. The number of benzene rings is 2. The summed E-state index contributed by atoms with van der Waals surface area (Å²) in [7, 11) is -3.69. The van der Waals surface area contributed by atoms with E-state index in [9.17, 15) is 18.5 Å². The first-order chi connectivity index (χ1) is 19.3. The van der Waals surface area contributed by atoms with Gasteiger partial charge in [-0.1, -0.05) is 37.3 Å². The van der Waals surface area contributed by atoms with Crippen molar-refractivity contribution in [1.82, 2.24) is 19.4 Å². The van der Waals surface area contributed by atoms with E-state index in [0.29, 0.717) is 49.0 Å². The molecule has 2 aliphatic heterocycles. The molecule has 2 fully saturated rings. The van der Waals surface area contributed by atoms with Gasteiger partial charge in [-0.2, -0.15) is 14.7 Å². The summed E-state index contributed by atoms with van der Waals surface area (Å²) in [5, 5.41) is 17.4. The molecule has 5 rings (SSSR count). The molecule has 0 radical (unpaired) electrons. The number of carbonyl (C=O) groups is 1. The van der Waals surface area contributed by atoms with Crippen LogP contribution in [0.5, 0.6) is 0 Å². The van der Waals surface area contributed by atoms with Crippen molar-refractivity contribution in [3.8, 4) is 23.0 Å². The normalized spacial score (nSPS) is 20.2. The Kier molecular flexibility index (Phi) is 8.45. The number of para-hydroxylation sites is 1. The molecule has 208 valence electrons. The maximum atomic E-state index is 13.5. The third-order valence-corrected chi connectivity index (χ3v) is 9.17. The second-order valence-electron chi connectivity index (χ2n) is 10.4. The lowest BCUT2D eigenvalue weighted by Crippen LogP contribution is -2.39. The zero-order valence-corrected chi connectivity index (χ0v) is 23.3. The summed E-state index contributed by atoms with van der Waals surface area (Å²) < 4.78 is 35.8. The van der Waals surface area contributed by atoms with Crippen molar-refractivity contribution in [2.45, 2.75) is 43.6 Å². The van der Waals surface area contributed by atoms with Crippen LogP contribution < -0.4 is 5.32 Å². The number of rotatable bonds is 8. The highest BCUT2D eigenvalue weighted by molar-refractivity contribution is 7.89. The predicted molar refractivity (Wildman–Crippen MR) is 152 cm³/mol. The molecular weight excluding hydrogens is 526 g/mol. The topological polar surface area (TPSA) is 117 Å². The van der Waals surface area contributed by atoms with E-state index in [1.807, 2.05) is 36.4 Å². The molecule has 40 heavy (non-hydrogen) atoms. The molecule has 3 heterocycles. The zero-order chi connectivity index (χ0) is 28.1. The highest BCUT2D eigenvalue weighted by Crippen LogP contribution is 2.30. The van der Waals surface area contributed by atoms with Crippen molar-refractivity contribution >= 4 is 22.0 Å². The van der Waals surface area contributed by atoms with E-state index in [1.165, 1.54) is 6.08 Å². The van der Waals surface area contributed by atoms with Crippen LogP contribution in [0.4, 0.5) is 0 Å². The van der Waals surface area contributed by atoms with E-state index in [2.05, 4.69) is 12.2 Å². The molecule has 0 spiro atoms. The Morgan fingerprint density at radius 1 is 1.18 bits per heavy atom. The van der Waals surface area contributed by atoms with Gasteiger partial charge in [0.1, 0.15) is 17.3 Å². The fourth-order valence-electron chi connectivity index (χ4n) is 5.16. The molecule has 2 aromatic carbocycles. The molecule has 2 aliphatic rings. The van der Waals surface area contributed by atoms with Crippen LogP contribution in [-0.2, 0) is 19.6 Å². The van der Waals surface area contributed by atoms with Crippen LogP contribution in [-0.4, -0.2) is 60.8 Å². The van der Waals surface area contributed by atoms with E-state index in [1.54, 1.807) is 39.4 Å². The maximum Gasteiger partial charge on any atom is 0.262 e. The Labute approximate surface area is 235 Å². The fraction of sp³-hybridized carbons (Fsp3) is 0.367. The Bertz CT molecular complexity index is 1540. The third-order valence-electron chi connectivity index (χ3n) is 7.31. The Balaban J connectivity index is 1.51. The predicted octanol–water partition coefficient (Wildman–Crippen LogP) is 4.16. The quantitative estimate of drug-likeness (QED) is 0.327. The van der Waals surface area contributed by atoms with E-state index < -0.39 is 15.9 Å². The van der Waals surface area contributed by atoms with Crippen molar-refractivity contribution in [3.63, 3.8) is 0 Å². The van der Waals surface area contributed by atoms with Gasteiger partial charge in [0.2, 0.25) is 10.0 Å². The highest BCUT2D eigenvalue weighted by atomic mass is 32.2. The third kappa shape index (κ3) is 6.17. The van der Waals surface area contributed by atoms with Gasteiger partial charge in [-0.3, -0.25) is 4.79 Å². The molecule has 1 aromatic heterocycles. The van der Waals surface area contributed by atoms with Crippen LogP contribution in [0.1, 0.15) is 38.2 Å². The minimum absolute atomic E-state index is 0.0483. The number of amides is 1. The van der Waals surface area contributed by atoms with Crippen LogP contribution in [0.15, 0.2) is 71.3 Å². The van der Waals surface area contributed by atoms with Gasteiger partial charge in [0.25, 0.3) is 5.91 Å². The first-order valence-corrected chi connectivity index (χ1v) is 15.1. The number of nitrogens with zero attached hydrogens (tertiary/aromatic N) is 4. The molecule has 9 nitrogen and oxygen atoms in total. The zero-order valence-electron chi connectivity index (χ0n) is 22.5. The molecule has 0 saturated carbocycles. The molecule has 1 N–H and O–H groups in total. The standard InChI is InChI=1S/C30H33N5O4S/c1-22-8-6-14-34(20-22)40(37,38)28-13-5-9-23(17-28)29-25(21-35(33-29)26-10-3-2-4-11-26)16-24(18-31)30(36)32-19-27-12-7-15-39-27/h2-5,9-11,13,16-17,21-22,27H,6-8,12,14-15,19-20H2,1H3,(H,32,36)/b24-16+/t22-,27+/m0/s1. The SMILES string of the molecule is C[C@H]1CCCN(S(=O)(=O)c2cccc(-c3nn(-c4ccccc4)cc3/C=C(\C#N)C(=O)NC[C@H]3CCCO3)c2)C1. The van der Waals surface area contributed by atoms with Gasteiger partial charge in [-0.05, 0) is 61.9 Å². The van der Waals surface area contributed by atoms with Crippen LogP contribution in [0.3, 0.4) is 0 Å². The maximum absolute atomic E-state index is 13.5. The molecule has 3 aromatic rings. The lowest BCUT2D eigenvalue weighted by molar-refractivity contribution is -0.117. The number of hydrogen-bond donors (Lipinski definition) is 1. The molecular formula is C30H33N5O4S. The van der Waals surface area contributed by atoms with Gasteiger partial charge in [0, 0.05) is 43.6 Å². The van der Waals surface area contributed by atoms with Gasteiger partial charge >= 0.3 is 0 Å². The Hall–Kier alpha value is -3.78. The van der Waals surface area contributed by atoms with E-state index >= 15 is 0 Å². The Morgan fingerprint density at radius 2 is 2.00 bits per heavy atom. The molecule has 0 unspecified atom stereocenters. The molecule has 0 bridgehead atoms. The number of carbonyl (C=O) groups excluding carboxylic acids is 1. The van der Waals surface area contributed by atoms with Crippen LogP contribution in [0.25, 0.3) is 23.0 Å². The summed E-state index contributed by atoms with van der Waals surface area (Å²) in [6.45, 7) is 4.07. The van der Waals surface area contributed by atoms with Crippen molar-refractivity contribution in [1.29, 1.82) is 5.26 Å². The summed E-state index contributed by atoms with van der Waals surface area (Å²) in [6, 6.07) is 18.2. The van der Waals surface area contributed by atoms with E-state index in [-0.39, 0.29) is 16.6 Å². The number of piperidine rings is 1. The first kappa shape index (κ1) is 27.8. The Morgan fingerprint density at radius 3 is 2.73 bits per heavy atom. The van der Waals surface area contributed by atoms with Gasteiger partial charge in [-0.15, -0.1) is 0 Å². The van der Waals surface area contributed by atoms with Crippen LogP contribution in [0.2, 0.25) is 0 Å². The smallest absolute Gasteiger partial charge is 0.262 e. The van der Waals surface area contributed by atoms with Gasteiger partial charge in [-0.25, -0.2) is 13.1 Å². The monoisotopic (exact) mass is 559 g/mol. The van der Waals surface area contributed by atoms with Crippen LogP contribution in [0, 0.1) is 17.2 Å². The van der Waals surface area contributed by atoms with Gasteiger partial charge < -0.3 is 10.1 Å². The summed E-state index contributed by atoms with van der Waals surface area (Å²) in [4.78, 5) is 13.1. The van der Waals surface area contributed by atoms with Crippen molar-refractivity contribution in [2.75, 3.05) is 26.2 Å². The highest BCUT2D eigenvalue weighted by Gasteiger charge is 2.29. The largest absolute Gasteiger partial charge is 0.376 e. The summed E-state index contributed by atoms with van der Waals surface area (Å²) >= 11 is 0. The number of aromatic nitrogens is 2. The van der Waals surface area contributed by atoms with Gasteiger partial charge in [0.15, 0.2) is 0 Å². The number of hydrogen-bond acceptors (Lipinski definition) is 6. The van der Waals surface area contributed by atoms with Crippen LogP contribution >= 0.6 is 0 Å².